The Balaban J connectivity index is 2.73. The van der Waals surface area contributed by atoms with Crippen molar-refractivity contribution >= 4 is 23.5 Å². The van der Waals surface area contributed by atoms with Crippen molar-refractivity contribution < 1.29 is 24.0 Å². The summed E-state index contributed by atoms with van der Waals surface area (Å²) in [5.74, 6) is -2.34. The summed E-state index contributed by atoms with van der Waals surface area (Å²) in [6.45, 7) is 3.47. The van der Waals surface area contributed by atoms with Crippen molar-refractivity contribution in [2.24, 2.45) is 11.7 Å². The molecule has 1 aromatic carbocycles. The predicted octanol–water partition coefficient (Wildman–Crippen LogP) is 0.697. The zero-order valence-electron chi connectivity index (χ0n) is 14.1. The van der Waals surface area contributed by atoms with Gasteiger partial charge in [0.1, 0.15) is 6.04 Å². The van der Waals surface area contributed by atoms with Crippen LogP contribution >= 0.6 is 0 Å². The quantitative estimate of drug-likeness (QED) is 0.381. The molecule has 2 atom stereocenters. The molecule has 0 aromatic heterocycles. The Labute approximate surface area is 144 Å². The number of amides is 2. The molecule has 1 rings (SSSR count). The first-order valence-corrected chi connectivity index (χ1v) is 7.72. The number of nitrogens with zero attached hydrogens (tertiary/aromatic N) is 1. The van der Waals surface area contributed by atoms with Gasteiger partial charge in [-0.15, -0.1) is 0 Å². The minimum Gasteiger partial charge on any atom is -0.466 e. The number of hydrogen-bond donors (Lipinski definition) is 2. The normalized spacial score (nSPS) is 12.7. The second-order valence-corrected chi connectivity index (χ2v) is 5.54. The van der Waals surface area contributed by atoms with Crippen molar-refractivity contribution in [1.29, 1.82) is 0 Å². The van der Waals surface area contributed by atoms with Crippen molar-refractivity contribution in [1.82, 2.24) is 5.32 Å². The molecule has 3 N–H and O–H groups in total. The molecular formula is C16H21N3O6. The van der Waals surface area contributed by atoms with E-state index in [1.807, 2.05) is 0 Å². The van der Waals surface area contributed by atoms with E-state index < -0.39 is 34.7 Å². The lowest BCUT2D eigenvalue weighted by Crippen LogP contribution is -2.49. The molecule has 0 bridgehead atoms. The summed E-state index contributed by atoms with van der Waals surface area (Å²) < 4.78 is 4.81. The van der Waals surface area contributed by atoms with E-state index in [1.165, 1.54) is 18.2 Å². The molecule has 0 saturated carbocycles. The van der Waals surface area contributed by atoms with Gasteiger partial charge in [0.2, 0.25) is 11.8 Å². The number of carbonyl (C=O) groups excluding carboxylic acids is 3. The van der Waals surface area contributed by atoms with E-state index in [1.54, 1.807) is 19.9 Å². The van der Waals surface area contributed by atoms with Crippen LogP contribution in [0.15, 0.2) is 24.3 Å². The van der Waals surface area contributed by atoms with Gasteiger partial charge in [-0.3, -0.25) is 24.5 Å². The lowest BCUT2D eigenvalue weighted by Gasteiger charge is -2.21. The molecule has 0 spiro atoms. The highest BCUT2D eigenvalue weighted by Gasteiger charge is 2.27. The molecule has 0 saturated heterocycles. The first kappa shape index (κ1) is 20.1. The Kier molecular flexibility index (Phi) is 7.51. The summed E-state index contributed by atoms with van der Waals surface area (Å²) in [7, 11) is 0. The third-order valence-corrected chi connectivity index (χ3v) is 3.47. The van der Waals surface area contributed by atoms with E-state index in [-0.39, 0.29) is 25.1 Å². The van der Waals surface area contributed by atoms with Crippen LogP contribution < -0.4 is 11.1 Å². The average molecular weight is 351 g/mol. The summed E-state index contributed by atoms with van der Waals surface area (Å²) >= 11 is 0. The van der Waals surface area contributed by atoms with Gasteiger partial charge < -0.3 is 15.8 Å². The highest BCUT2D eigenvalue weighted by atomic mass is 16.6. The molecule has 0 radical (unpaired) electrons. The molecule has 9 nitrogen and oxygen atoms in total. The van der Waals surface area contributed by atoms with E-state index in [2.05, 4.69) is 5.32 Å². The number of nitro groups is 1. The smallest absolute Gasteiger partial charge is 0.306 e. The average Bonchev–Trinajstić information content (AvgIpc) is 2.52. The lowest BCUT2D eigenvalue weighted by molar-refractivity contribution is -0.384. The van der Waals surface area contributed by atoms with Crippen LogP contribution in [-0.2, 0) is 25.5 Å². The van der Waals surface area contributed by atoms with Crippen LogP contribution in [0.25, 0.3) is 0 Å². The van der Waals surface area contributed by atoms with Crippen LogP contribution in [0.2, 0.25) is 0 Å². The van der Waals surface area contributed by atoms with Gasteiger partial charge in [0, 0.05) is 12.1 Å². The molecule has 0 aliphatic carbocycles. The Bertz CT molecular complexity index is 661. The molecule has 0 aliphatic heterocycles. The summed E-state index contributed by atoms with van der Waals surface area (Å²) in [5, 5.41) is 13.2. The van der Waals surface area contributed by atoms with Crippen LogP contribution in [0.5, 0.6) is 0 Å². The fourth-order valence-corrected chi connectivity index (χ4v) is 2.28. The van der Waals surface area contributed by atoms with Gasteiger partial charge in [0.15, 0.2) is 0 Å². The maximum absolute atomic E-state index is 12.1. The molecule has 25 heavy (non-hydrogen) atoms. The highest BCUT2D eigenvalue weighted by molar-refractivity contribution is 5.88. The number of nitrogens with two attached hydrogens (primary N) is 1. The van der Waals surface area contributed by atoms with E-state index in [4.69, 9.17) is 10.5 Å². The second-order valence-electron chi connectivity index (χ2n) is 5.54. The van der Waals surface area contributed by atoms with Gasteiger partial charge in [-0.2, -0.15) is 0 Å². The van der Waals surface area contributed by atoms with Crippen LogP contribution in [-0.4, -0.2) is 35.4 Å². The van der Waals surface area contributed by atoms with E-state index >= 15 is 0 Å². The standard InChI is InChI=1S/C16H21N3O6/c1-3-25-14(21)7-10(2)15(16(17)22)18-13(20)9-11-5-4-6-12(8-11)19(23)24/h4-6,8,10,15H,3,7,9H2,1-2H3,(H2,17,22)(H,18,20)/t10-,15+/m0/s1. The Morgan fingerprint density at radius 1 is 1.36 bits per heavy atom. The van der Waals surface area contributed by atoms with Gasteiger partial charge in [-0.05, 0) is 18.4 Å². The number of nitrogens with one attached hydrogen (secondary N) is 1. The predicted molar refractivity (Wildman–Crippen MR) is 88.3 cm³/mol. The minimum atomic E-state index is -1.05. The Morgan fingerprint density at radius 2 is 2.04 bits per heavy atom. The molecule has 0 unspecified atom stereocenters. The molecule has 9 heteroatoms. The molecule has 2 amide bonds. The molecular weight excluding hydrogens is 330 g/mol. The van der Waals surface area contributed by atoms with Crippen molar-refractivity contribution in [3.05, 3.63) is 39.9 Å². The summed E-state index contributed by atoms with van der Waals surface area (Å²) in [5.41, 5.74) is 5.59. The molecule has 0 fully saturated rings. The van der Waals surface area contributed by atoms with Crippen LogP contribution in [0.3, 0.4) is 0 Å². The van der Waals surface area contributed by atoms with Crippen molar-refractivity contribution in [2.45, 2.75) is 32.7 Å². The molecule has 0 heterocycles. The number of ether oxygens (including phenoxy) is 1. The summed E-state index contributed by atoms with van der Waals surface area (Å²) in [6.07, 6.45) is -0.226. The lowest BCUT2D eigenvalue weighted by atomic mass is 9.97. The third kappa shape index (κ3) is 6.58. The zero-order valence-corrected chi connectivity index (χ0v) is 14.1. The van der Waals surface area contributed by atoms with Crippen molar-refractivity contribution in [3.63, 3.8) is 0 Å². The summed E-state index contributed by atoms with van der Waals surface area (Å²) in [4.78, 5) is 45.4. The number of benzene rings is 1. The van der Waals surface area contributed by atoms with Crippen LogP contribution in [0.1, 0.15) is 25.8 Å². The van der Waals surface area contributed by atoms with Gasteiger partial charge in [-0.25, -0.2) is 0 Å². The maximum atomic E-state index is 12.1. The number of primary amides is 1. The largest absolute Gasteiger partial charge is 0.466 e. The third-order valence-electron chi connectivity index (χ3n) is 3.47. The Morgan fingerprint density at radius 3 is 2.60 bits per heavy atom. The van der Waals surface area contributed by atoms with Crippen LogP contribution in [0.4, 0.5) is 5.69 Å². The number of nitro benzene ring substituents is 1. The van der Waals surface area contributed by atoms with Gasteiger partial charge in [0.05, 0.1) is 24.4 Å². The van der Waals surface area contributed by atoms with Gasteiger partial charge in [0.25, 0.3) is 5.69 Å². The highest BCUT2D eigenvalue weighted by Crippen LogP contribution is 2.14. The second kappa shape index (κ2) is 9.36. The van der Waals surface area contributed by atoms with Crippen LogP contribution in [0, 0.1) is 16.0 Å². The topological polar surface area (TPSA) is 142 Å². The fraction of sp³-hybridized carbons (Fsp3) is 0.438. The number of hydrogen-bond acceptors (Lipinski definition) is 6. The number of non-ortho nitro benzene ring substituents is 1. The van der Waals surface area contributed by atoms with Crippen molar-refractivity contribution in [2.75, 3.05) is 6.61 Å². The monoisotopic (exact) mass is 351 g/mol. The zero-order chi connectivity index (χ0) is 19.0. The number of esters is 1. The fourth-order valence-electron chi connectivity index (χ4n) is 2.28. The molecule has 0 aliphatic rings. The van der Waals surface area contributed by atoms with Crippen molar-refractivity contribution in [3.8, 4) is 0 Å². The van der Waals surface area contributed by atoms with Gasteiger partial charge in [-0.1, -0.05) is 19.1 Å². The SMILES string of the molecule is CCOC(=O)C[C@H](C)[C@@H](NC(=O)Cc1cccc([N+](=O)[O-])c1)C(N)=O. The van der Waals surface area contributed by atoms with E-state index in [0.717, 1.165) is 0 Å². The first-order valence-electron chi connectivity index (χ1n) is 7.72. The maximum Gasteiger partial charge on any atom is 0.306 e. The molecule has 136 valence electrons. The molecule has 1 aromatic rings. The minimum absolute atomic E-state index is 0.0709. The number of carbonyl (C=O) groups is 3. The summed E-state index contributed by atoms with van der Waals surface area (Å²) in [6, 6.07) is 4.58. The Hall–Kier alpha value is -2.97. The number of rotatable bonds is 9. The first-order chi connectivity index (χ1) is 11.7. The van der Waals surface area contributed by atoms with E-state index in [9.17, 15) is 24.5 Å². The van der Waals surface area contributed by atoms with Gasteiger partial charge >= 0.3 is 5.97 Å². The van der Waals surface area contributed by atoms with E-state index in [0.29, 0.717) is 5.56 Å².